The molecule has 0 spiro atoms. The Bertz CT molecular complexity index is 1130. The summed E-state index contributed by atoms with van der Waals surface area (Å²) in [6.07, 6.45) is 2.53. The maximum Gasteiger partial charge on any atom is 0.337 e. The van der Waals surface area contributed by atoms with Crippen molar-refractivity contribution in [2.75, 3.05) is 12.4 Å². The zero-order valence-electron chi connectivity index (χ0n) is 17.3. The molecule has 0 radical (unpaired) electrons. The highest BCUT2D eigenvalue weighted by Crippen LogP contribution is 2.21. The standard InChI is InChI=1S/C24H21FN2O5/c1-32-24(29)18-9-5-16(6-10-18)3-2-4-17-7-12-20(13-8-17)26-23(28)21-15-19(25)11-14-22(21)27(30)31/h5-15H,2-4H2,1H3,(H,26,28). The lowest BCUT2D eigenvalue weighted by atomic mass is 10.0. The molecule has 3 aromatic carbocycles. The third kappa shape index (κ3) is 5.75. The van der Waals surface area contributed by atoms with Crippen LogP contribution in [-0.4, -0.2) is 23.9 Å². The van der Waals surface area contributed by atoms with Crippen molar-refractivity contribution in [3.8, 4) is 0 Å². The van der Waals surface area contributed by atoms with E-state index in [1.165, 1.54) is 7.11 Å². The van der Waals surface area contributed by atoms with Gasteiger partial charge in [0.1, 0.15) is 11.4 Å². The molecule has 3 aromatic rings. The maximum absolute atomic E-state index is 13.5. The number of carbonyl (C=O) groups excluding carboxylic acids is 2. The average molecular weight is 436 g/mol. The van der Waals surface area contributed by atoms with Crippen LogP contribution in [0.2, 0.25) is 0 Å². The molecule has 7 nitrogen and oxygen atoms in total. The number of hydrogen-bond acceptors (Lipinski definition) is 5. The van der Waals surface area contributed by atoms with Crippen molar-refractivity contribution in [1.82, 2.24) is 0 Å². The minimum atomic E-state index is -0.751. The van der Waals surface area contributed by atoms with Crippen LogP contribution in [0.25, 0.3) is 0 Å². The quantitative estimate of drug-likeness (QED) is 0.306. The van der Waals surface area contributed by atoms with Crippen molar-refractivity contribution in [3.63, 3.8) is 0 Å². The van der Waals surface area contributed by atoms with Gasteiger partial charge in [0.15, 0.2) is 0 Å². The number of methoxy groups -OCH3 is 1. The van der Waals surface area contributed by atoms with Crippen LogP contribution >= 0.6 is 0 Å². The summed E-state index contributed by atoms with van der Waals surface area (Å²) < 4.78 is 18.1. The number of ether oxygens (including phenoxy) is 1. The molecule has 0 unspecified atom stereocenters. The Balaban J connectivity index is 1.55. The van der Waals surface area contributed by atoms with Gasteiger partial charge in [-0.05, 0) is 66.8 Å². The summed E-state index contributed by atoms with van der Waals surface area (Å²) in [5.74, 6) is -1.84. The Kier molecular flexibility index (Phi) is 7.28. The van der Waals surface area contributed by atoms with Gasteiger partial charge in [-0.3, -0.25) is 14.9 Å². The number of nitro groups is 1. The second-order valence-corrected chi connectivity index (χ2v) is 7.11. The number of rotatable bonds is 8. The molecule has 1 amide bonds. The molecular weight excluding hydrogens is 415 g/mol. The van der Waals surface area contributed by atoms with Crippen molar-refractivity contribution in [2.45, 2.75) is 19.3 Å². The second-order valence-electron chi connectivity index (χ2n) is 7.11. The summed E-state index contributed by atoms with van der Waals surface area (Å²) in [6, 6.07) is 17.1. The molecule has 0 aromatic heterocycles. The first-order valence-corrected chi connectivity index (χ1v) is 9.89. The Morgan fingerprint density at radius 1 is 0.969 bits per heavy atom. The van der Waals surface area contributed by atoms with E-state index in [0.29, 0.717) is 11.3 Å². The van der Waals surface area contributed by atoms with E-state index in [2.05, 4.69) is 10.1 Å². The van der Waals surface area contributed by atoms with Gasteiger partial charge < -0.3 is 10.1 Å². The van der Waals surface area contributed by atoms with E-state index in [9.17, 15) is 24.1 Å². The molecule has 0 atom stereocenters. The Hall–Kier alpha value is -4.07. The minimum Gasteiger partial charge on any atom is -0.465 e. The van der Waals surface area contributed by atoms with Crippen LogP contribution in [0.4, 0.5) is 15.8 Å². The zero-order valence-corrected chi connectivity index (χ0v) is 17.3. The highest BCUT2D eigenvalue weighted by atomic mass is 19.1. The van der Waals surface area contributed by atoms with Crippen LogP contribution in [0.1, 0.15) is 38.3 Å². The summed E-state index contributed by atoms with van der Waals surface area (Å²) in [4.78, 5) is 34.2. The van der Waals surface area contributed by atoms with Gasteiger partial charge in [-0.25, -0.2) is 9.18 Å². The lowest BCUT2D eigenvalue weighted by molar-refractivity contribution is -0.385. The number of nitro benzene ring substituents is 1. The Labute approximate surface area is 184 Å². The zero-order chi connectivity index (χ0) is 23.1. The van der Waals surface area contributed by atoms with Crippen LogP contribution in [-0.2, 0) is 17.6 Å². The summed E-state index contributed by atoms with van der Waals surface area (Å²) in [7, 11) is 1.35. The highest BCUT2D eigenvalue weighted by molar-refractivity contribution is 6.07. The van der Waals surface area contributed by atoms with E-state index in [1.54, 1.807) is 24.3 Å². The molecule has 0 aliphatic heterocycles. The van der Waals surface area contributed by atoms with Gasteiger partial charge in [-0.1, -0.05) is 24.3 Å². The number of nitrogens with one attached hydrogen (secondary N) is 1. The van der Waals surface area contributed by atoms with E-state index in [-0.39, 0.29) is 11.5 Å². The maximum atomic E-state index is 13.5. The number of nitrogens with zero attached hydrogens (tertiary/aromatic N) is 1. The van der Waals surface area contributed by atoms with Crippen molar-refractivity contribution in [1.29, 1.82) is 0 Å². The molecule has 3 rings (SSSR count). The number of hydrogen-bond donors (Lipinski definition) is 1. The molecule has 0 heterocycles. The van der Waals surface area contributed by atoms with E-state index in [4.69, 9.17) is 0 Å². The number of amides is 1. The first kappa shape index (κ1) is 22.6. The fourth-order valence-corrected chi connectivity index (χ4v) is 3.22. The van der Waals surface area contributed by atoms with Gasteiger partial charge in [0.25, 0.3) is 11.6 Å². The van der Waals surface area contributed by atoms with Crippen LogP contribution in [0.3, 0.4) is 0 Å². The Morgan fingerprint density at radius 3 is 2.12 bits per heavy atom. The van der Waals surface area contributed by atoms with Crippen LogP contribution in [0.5, 0.6) is 0 Å². The van der Waals surface area contributed by atoms with Gasteiger partial charge >= 0.3 is 5.97 Å². The molecule has 0 aliphatic carbocycles. The van der Waals surface area contributed by atoms with Crippen molar-refractivity contribution in [2.24, 2.45) is 0 Å². The smallest absolute Gasteiger partial charge is 0.337 e. The largest absolute Gasteiger partial charge is 0.465 e. The lowest BCUT2D eigenvalue weighted by Gasteiger charge is -2.08. The van der Waals surface area contributed by atoms with Crippen LogP contribution < -0.4 is 5.32 Å². The van der Waals surface area contributed by atoms with Crippen LogP contribution in [0, 0.1) is 15.9 Å². The van der Waals surface area contributed by atoms with E-state index >= 15 is 0 Å². The highest BCUT2D eigenvalue weighted by Gasteiger charge is 2.21. The predicted octanol–water partition coefficient (Wildman–Crippen LogP) is 4.95. The number of aryl methyl sites for hydroxylation is 2. The van der Waals surface area contributed by atoms with Gasteiger partial charge in [0.2, 0.25) is 0 Å². The molecule has 0 aliphatic rings. The van der Waals surface area contributed by atoms with Gasteiger partial charge in [0.05, 0.1) is 17.6 Å². The third-order valence-corrected chi connectivity index (χ3v) is 4.92. The molecule has 164 valence electrons. The molecule has 1 N–H and O–H groups in total. The third-order valence-electron chi connectivity index (χ3n) is 4.92. The summed E-state index contributed by atoms with van der Waals surface area (Å²) >= 11 is 0. The molecule has 0 fully saturated rings. The Morgan fingerprint density at radius 2 is 1.56 bits per heavy atom. The molecular formula is C24H21FN2O5. The van der Waals surface area contributed by atoms with E-state index < -0.39 is 22.3 Å². The summed E-state index contributed by atoms with van der Waals surface area (Å²) in [6.45, 7) is 0. The van der Waals surface area contributed by atoms with Gasteiger partial charge in [-0.15, -0.1) is 0 Å². The topological polar surface area (TPSA) is 98.5 Å². The monoisotopic (exact) mass is 436 g/mol. The van der Waals surface area contributed by atoms with Crippen molar-refractivity contribution in [3.05, 3.63) is 105 Å². The lowest BCUT2D eigenvalue weighted by Crippen LogP contribution is -2.14. The number of halogens is 1. The first-order valence-electron chi connectivity index (χ1n) is 9.89. The number of esters is 1. The van der Waals surface area contributed by atoms with Crippen molar-refractivity contribution >= 4 is 23.3 Å². The molecule has 0 saturated carbocycles. The van der Waals surface area contributed by atoms with Gasteiger partial charge in [-0.2, -0.15) is 0 Å². The van der Waals surface area contributed by atoms with E-state index in [0.717, 1.165) is 48.6 Å². The van der Waals surface area contributed by atoms with Crippen molar-refractivity contribution < 1.29 is 23.6 Å². The molecule has 32 heavy (non-hydrogen) atoms. The fourth-order valence-electron chi connectivity index (χ4n) is 3.22. The summed E-state index contributed by atoms with van der Waals surface area (Å²) in [5, 5.41) is 13.6. The van der Waals surface area contributed by atoms with E-state index in [1.807, 2.05) is 24.3 Å². The minimum absolute atomic E-state index is 0.336. The van der Waals surface area contributed by atoms with Crippen LogP contribution in [0.15, 0.2) is 66.7 Å². The summed E-state index contributed by atoms with van der Waals surface area (Å²) in [5.41, 5.74) is 2.34. The van der Waals surface area contributed by atoms with Gasteiger partial charge in [0, 0.05) is 11.8 Å². The average Bonchev–Trinajstić information content (AvgIpc) is 2.80. The number of benzene rings is 3. The fraction of sp³-hybridized carbons (Fsp3) is 0.167. The normalized spacial score (nSPS) is 10.4. The number of anilines is 1. The molecule has 8 heteroatoms. The second kappa shape index (κ2) is 10.3. The number of carbonyl (C=O) groups is 2. The first-order chi connectivity index (χ1) is 15.4. The molecule has 0 bridgehead atoms. The molecule has 0 saturated heterocycles. The predicted molar refractivity (Wildman–Crippen MR) is 117 cm³/mol. The SMILES string of the molecule is COC(=O)c1ccc(CCCc2ccc(NC(=O)c3cc(F)ccc3[N+](=O)[O-])cc2)cc1.